The largest absolute Gasteiger partial charge is 0.478 e. The Hall–Kier alpha value is -4.15. The van der Waals surface area contributed by atoms with Crippen LogP contribution in [0.3, 0.4) is 0 Å². The third-order valence-corrected chi connectivity index (χ3v) is 6.20. The van der Waals surface area contributed by atoms with E-state index in [4.69, 9.17) is 15.8 Å². The number of nitrogens with two attached hydrogens (primary N) is 1. The van der Waals surface area contributed by atoms with Gasteiger partial charge in [-0.3, -0.25) is 14.1 Å². The summed E-state index contributed by atoms with van der Waals surface area (Å²) in [5, 5.41) is 29.0. The van der Waals surface area contributed by atoms with E-state index in [-0.39, 0.29) is 27.5 Å². The number of nitriles is 1. The molecule has 0 spiro atoms. The molecule has 0 saturated carbocycles. The summed E-state index contributed by atoms with van der Waals surface area (Å²) in [6, 6.07) is -1.18. The van der Waals surface area contributed by atoms with Gasteiger partial charge in [-0.2, -0.15) is 13.7 Å². The molecule has 1 fully saturated rings. The first-order valence-electron chi connectivity index (χ1n) is 9.36. The fourth-order valence-electron chi connectivity index (χ4n) is 2.78. The average molecular weight is 528 g/mol. The van der Waals surface area contributed by atoms with Gasteiger partial charge >= 0.3 is 16.3 Å². The molecule has 3 heterocycles. The standard InChI is InChI=1S/C16H17N9O8S2/c1-16(2,14(28)29)33-23-10(7-5-34-15(18)20-7)12(26)21-11-8(25(13(11)27)35(30,31)32)4-24-6-19-9(3-17)22-24/h5-6,8,11H,4H2,1-2H3,(H2,18,20)(H,21,26)(H,28,29)(H,30,31,32)/b23-10-. The quantitative estimate of drug-likeness (QED) is 0.119. The number of nitrogens with one attached hydrogen (secondary N) is 1. The third kappa shape index (κ3) is 5.34. The number of hydrogen-bond acceptors (Lipinski definition) is 13. The van der Waals surface area contributed by atoms with Crippen LogP contribution in [0.2, 0.25) is 0 Å². The lowest BCUT2D eigenvalue weighted by Crippen LogP contribution is -2.73. The Morgan fingerprint density at radius 3 is 2.66 bits per heavy atom. The number of aliphatic carboxylic acids is 1. The number of amides is 2. The predicted octanol–water partition coefficient (Wildman–Crippen LogP) is -2.03. The topological polar surface area (TPSA) is 256 Å². The Kier molecular flexibility index (Phi) is 6.73. The fraction of sp³-hybridized carbons (Fsp3) is 0.375. The molecule has 35 heavy (non-hydrogen) atoms. The lowest BCUT2D eigenvalue weighted by Gasteiger charge is -2.43. The second kappa shape index (κ2) is 9.24. The van der Waals surface area contributed by atoms with Crippen molar-refractivity contribution in [1.29, 1.82) is 5.26 Å². The van der Waals surface area contributed by atoms with Gasteiger partial charge in [-0.25, -0.2) is 23.7 Å². The first kappa shape index (κ1) is 25.5. The van der Waals surface area contributed by atoms with Crippen LogP contribution in [0.15, 0.2) is 16.9 Å². The highest BCUT2D eigenvalue weighted by Gasteiger charge is 2.54. The summed E-state index contributed by atoms with van der Waals surface area (Å²) in [6.45, 7) is 1.98. The molecule has 0 radical (unpaired) electrons. The molecule has 0 aromatic carbocycles. The zero-order chi connectivity index (χ0) is 26.1. The van der Waals surface area contributed by atoms with Gasteiger partial charge in [0.05, 0.1) is 12.6 Å². The van der Waals surface area contributed by atoms with Crippen molar-refractivity contribution in [2.45, 2.75) is 38.1 Å². The Labute approximate surface area is 200 Å². The van der Waals surface area contributed by atoms with Crippen LogP contribution >= 0.6 is 11.3 Å². The van der Waals surface area contributed by atoms with Crippen LogP contribution in [0.25, 0.3) is 0 Å². The first-order chi connectivity index (χ1) is 16.2. The molecule has 3 rings (SSSR count). The monoisotopic (exact) mass is 527 g/mol. The van der Waals surface area contributed by atoms with Crippen LogP contribution in [0.4, 0.5) is 5.13 Å². The van der Waals surface area contributed by atoms with E-state index in [9.17, 15) is 32.5 Å². The van der Waals surface area contributed by atoms with Crippen LogP contribution in [0.1, 0.15) is 25.4 Å². The van der Waals surface area contributed by atoms with Crippen LogP contribution < -0.4 is 11.1 Å². The normalized spacial score (nSPS) is 18.5. The highest BCUT2D eigenvalue weighted by atomic mass is 32.2. The molecule has 1 aliphatic heterocycles. The fourth-order valence-corrected chi connectivity index (χ4v) is 4.19. The maximum absolute atomic E-state index is 13.0. The number of hydrogen-bond donors (Lipinski definition) is 4. The Morgan fingerprint density at radius 1 is 1.46 bits per heavy atom. The third-order valence-electron chi connectivity index (χ3n) is 4.57. The lowest BCUT2D eigenvalue weighted by molar-refractivity contribution is -0.161. The molecule has 0 bridgehead atoms. The molecule has 2 unspecified atom stereocenters. The molecule has 17 nitrogen and oxygen atoms in total. The Morgan fingerprint density at radius 2 is 2.14 bits per heavy atom. The van der Waals surface area contributed by atoms with E-state index in [1.165, 1.54) is 19.2 Å². The van der Waals surface area contributed by atoms with E-state index in [1.54, 1.807) is 6.07 Å². The number of anilines is 1. The molecule has 2 amide bonds. The summed E-state index contributed by atoms with van der Waals surface area (Å²) in [5.41, 5.74) is 3.10. The van der Waals surface area contributed by atoms with Gasteiger partial charge in [0.2, 0.25) is 5.60 Å². The second-order valence-corrected chi connectivity index (χ2v) is 9.63. The van der Waals surface area contributed by atoms with E-state index >= 15 is 0 Å². The highest BCUT2D eigenvalue weighted by molar-refractivity contribution is 7.84. The number of carbonyl (C=O) groups is 3. The summed E-state index contributed by atoms with van der Waals surface area (Å²) >= 11 is 0.941. The summed E-state index contributed by atoms with van der Waals surface area (Å²) in [4.78, 5) is 49.3. The van der Waals surface area contributed by atoms with Crippen molar-refractivity contribution in [3.63, 3.8) is 0 Å². The van der Waals surface area contributed by atoms with Gasteiger partial charge in [0.1, 0.15) is 24.1 Å². The van der Waals surface area contributed by atoms with Crippen molar-refractivity contribution in [2.75, 3.05) is 5.73 Å². The molecular weight excluding hydrogens is 510 g/mol. The molecule has 2 aromatic rings. The number of aromatic nitrogens is 4. The van der Waals surface area contributed by atoms with Crippen molar-refractivity contribution < 1.29 is 37.3 Å². The Balaban J connectivity index is 1.89. The van der Waals surface area contributed by atoms with Crippen LogP contribution in [0.5, 0.6) is 0 Å². The zero-order valence-corrected chi connectivity index (χ0v) is 19.5. The summed E-state index contributed by atoms with van der Waals surface area (Å²) in [6.07, 6.45) is 1.09. The van der Waals surface area contributed by atoms with Crippen molar-refractivity contribution in [3.8, 4) is 6.07 Å². The zero-order valence-electron chi connectivity index (χ0n) is 17.9. The lowest BCUT2D eigenvalue weighted by atomic mass is 9.98. The van der Waals surface area contributed by atoms with Crippen LogP contribution in [0, 0.1) is 11.3 Å². The van der Waals surface area contributed by atoms with Crippen LogP contribution in [-0.2, 0) is 36.1 Å². The van der Waals surface area contributed by atoms with Crippen molar-refractivity contribution >= 4 is 50.3 Å². The highest BCUT2D eigenvalue weighted by Crippen LogP contribution is 2.25. The number of nitrogens with zero attached hydrogens (tertiary/aromatic N) is 7. The number of nitrogen functional groups attached to an aromatic ring is 1. The molecule has 1 aliphatic rings. The van der Waals surface area contributed by atoms with E-state index < -0.39 is 51.5 Å². The minimum atomic E-state index is -5.00. The SMILES string of the molecule is CC(C)(O/N=C(\C(=O)NC1C(=O)N(S(=O)(=O)O)C1Cn1cnc(C#N)n1)c1csc(N)n1)C(=O)O. The predicted molar refractivity (Wildman–Crippen MR) is 115 cm³/mol. The number of β-lactam (4-membered cyclic amide) rings is 1. The Bertz CT molecular complexity index is 1360. The minimum absolute atomic E-state index is 0.0487. The van der Waals surface area contributed by atoms with E-state index in [0.717, 1.165) is 22.3 Å². The van der Waals surface area contributed by atoms with Gasteiger partial charge in [-0.1, -0.05) is 5.16 Å². The second-order valence-electron chi connectivity index (χ2n) is 7.45. The minimum Gasteiger partial charge on any atom is -0.478 e. The number of thiazole rings is 1. The molecular formula is C16H17N9O8S2. The van der Waals surface area contributed by atoms with Gasteiger partial charge in [-0.15, -0.1) is 16.4 Å². The molecule has 0 aliphatic carbocycles. The maximum Gasteiger partial charge on any atom is 0.362 e. The van der Waals surface area contributed by atoms with Gasteiger partial charge in [0.25, 0.3) is 17.6 Å². The van der Waals surface area contributed by atoms with Crippen molar-refractivity contribution in [3.05, 3.63) is 23.2 Å². The number of carboxylic acids is 1. The molecule has 2 atom stereocenters. The molecule has 1 saturated heterocycles. The number of oxime groups is 1. The number of carboxylic acid groups (broad SMARTS) is 1. The average Bonchev–Trinajstić information content (AvgIpc) is 3.39. The number of carbonyl (C=O) groups excluding carboxylic acids is 2. The molecule has 5 N–H and O–H groups in total. The smallest absolute Gasteiger partial charge is 0.362 e. The number of rotatable bonds is 9. The van der Waals surface area contributed by atoms with E-state index in [0.29, 0.717) is 0 Å². The van der Waals surface area contributed by atoms with Crippen LogP contribution in [-0.4, -0.2) is 83.3 Å². The molecule has 19 heteroatoms. The van der Waals surface area contributed by atoms with E-state index in [1.807, 2.05) is 0 Å². The summed E-state index contributed by atoms with van der Waals surface area (Å²) < 4.78 is 34.0. The van der Waals surface area contributed by atoms with Crippen molar-refractivity contribution in [1.82, 2.24) is 29.4 Å². The van der Waals surface area contributed by atoms with E-state index in [2.05, 4.69) is 25.5 Å². The van der Waals surface area contributed by atoms with Crippen molar-refractivity contribution in [2.24, 2.45) is 5.16 Å². The van der Waals surface area contributed by atoms with Gasteiger partial charge < -0.3 is 21.0 Å². The molecule has 186 valence electrons. The van der Waals surface area contributed by atoms with Gasteiger partial charge in [0.15, 0.2) is 10.8 Å². The summed E-state index contributed by atoms with van der Waals surface area (Å²) in [5.74, 6) is -3.87. The first-order valence-corrected chi connectivity index (χ1v) is 11.6. The summed E-state index contributed by atoms with van der Waals surface area (Å²) in [7, 11) is -5.00. The molecule has 2 aromatic heterocycles. The van der Waals surface area contributed by atoms with Gasteiger partial charge in [-0.05, 0) is 13.8 Å². The maximum atomic E-state index is 13.0. The van der Waals surface area contributed by atoms with Gasteiger partial charge in [0, 0.05) is 5.38 Å².